The van der Waals surface area contributed by atoms with Crippen molar-refractivity contribution in [2.24, 2.45) is 0 Å². The van der Waals surface area contributed by atoms with E-state index >= 15 is 0 Å². The van der Waals surface area contributed by atoms with Crippen LogP contribution in [0.5, 0.6) is 5.75 Å². The van der Waals surface area contributed by atoms with Gasteiger partial charge < -0.3 is 4.74 Å². The third-order valence-corrected chi connectivity index (χ3v) is 3.42. The van der Waals surface area contributed by atoms with Crippen LogP contribution in [0.3, 0.4) is 0 Å². The zero-order chi connectivity index (χ0) is 12.3. The molecule has 1 aromatic heterocycles. The van der Waals surface area contributed by atoms with E-state index in [0.29, 0.717) is 5.75 Å². The van der Waals surface area contributed by atoms with E-state index in [1.54, 1.807) is 23.5 Å². The summed E-state index contributed by atoms with van der Waals surface area (Å²) in [5, 5.41) is 0.832. The van der Waals surface area contributed by atoms with Crippen LogP contribution in [0.4, 0.5) is 4.39 Å². The fourth-order valence-corrected chi connectivity index (χ4v) is 2.33. The lowest BCUT2D eigenvalue weighted by Crippen LogP contribution is -1.90. The van der Waals surface area contributed by atoms with Crippen molar-refractivity contribution in [3.8, 4) is 16.3 Å². The van der Waals surface area contributed by atoms with Crippen LogP contribution in [0.1, 0.15) is 11.8 Å². The largest absolute Gasteiger partial charge is 0.431 e. The quantitative estimate of drug-likeness (QED) is 0.758. The Balaban J connectivity index is 2.40. The summed E-state index contributed by atoms with van der Waals surface area (Å²) in [6.07, 6.45) is 2.78. The average Bonchev–Trinajstić information content (AvgIpc) is 2.77. The maximum atomic E-state index is 12.7. The number of para-hydroxylation sites is 1. The summed E-state index contributed by atoms with van der Waals surface area (Å²) in [7, 11) is 0. The van der Waals surface area contributed by atoms with Crippen molar-refractivity contribution in [1.29, 1.82) is 0 Å². The van der Waals surface area contributed by atoms with Gasteiger partial charge in [0.25, 0.3) is 6.01 Å². The smallest absolute Gasteiger partial charge is 0.270 e. The summed E-state index contributed by atoms with van der Waals surface area (Å²) < 4.78 is 17.7. The molecule has 0 aliphatic heterocycles. The number of ether oxygens (including phenoxy) is 1. The van der Waals surface area contributed by atoms with E-state index in [-0.39, 0.29) is 0 Å². The molecule has 0 spiro atoms. The second-order valence-electron chi connectivity index (χ2n) is 3.44. The molecule has 4 heteroatoms. The van der Waals surface area contributed by atoms with Gasteiger partial charge in [-0.05, 0) is 25.1 Å². The van der Waals surface area contributed by atoms with Crippen LogP contribution >= 0.6 is 11.3 Å². The number of aromatic nitrogens is 1. The maximum absolute atomic E-state index is 12.7. The zero-order valence-electron chi connectivity index (χ0n) is 9.44. The predicted octanol–water partition coefficient (Wildman–Crippen LogP) is 4.19. The number of nitrogens with zero attached hydrogens (tertiary/aromatic N) is 1. The van der Waals surface area contributed by atoms with Gasteiger partial charge in [0.15, 0.2) is 0 Å². The zero-order valence-corrected chi connectivity index (χ0v) is 10.3. The molecular weight excluding hydrogens is 237 g/mol. The highest BCUT2D eigenvalue weighted by Gasteiger charge is 2.10. The second kappa shape index (κ2) is 5.10. The molecule has 0 saturated carbocycles. The van der Waals surface area contributed by atoms with Crippen molar-refractivity contribution in [3.63, 3.8) is 0 Å². The molecule has 2 aromatic rings. The molecule has 2 rings (SSSR count). The fraction of sp³-hybridized carbons (Fsp3) is 0.154. The molecule has 0 N–H and O–H groups in total. The van der Waals surface area contributed by atoms with Gasteiger partial charge in [-0.15, -0.1) is 11.3 Å². The molecular formula is C13H12FNOS. The summed E-state index contributed by atoms with van der Waals surface area (Å²) in [5.74, 6) is 0.442. The predicted molar refractivity (Wildman–Crippen MR) is 67.8 cm³/mol. The lowest BCUT2D eigenvalue weighted by molar-refractivity contribution is 0.306. The molecule has 2 nitrogen and oxygen atoms in total. The first-order chi connectivity index (χ1) is 8.20. The topological polar surface area (TPSA) is 22.1 Å². The normalized spacial score (nSPS) is 10.2. The Kier molecular flexibility index (Phi) is 3.54. The number of halogens is 1. The van der Waals surface area contributed by atoms with Crippen LogP contribution in [-0.4, -0.2) is 4.98 Å². The van der Waals surface area contributed by atoms with Gasteiger partial charge >= 0.3 is 0 Å². The van der Waals surface area contributed by atoms with E-state index in [1.807, 2.05) is 18.3 Å². The first-order valence-corrected chi connectivity index (χ1v) is 6.08. The Labute approximate surface area is 103 Å². The minimum Gasteiger partial charge on any atom is -0.431 e. The van der Waals surface area contributed by atoms with Gasteiger partial charge in [-0.3, -0.25) is 0 Å². The molecule has 1 heterocycles. The standard InChI is InChI=1S/C13H12FNOS/c1-3-10-8-15-13(17-10)11-6-4-5-7-12(11)16-9(2)14/h4-8H,2-3H2,1H3. The molecule has 0 amide bonds. The molecule has 88 valence electrons. The Morgan fingerprint density at radius 2 is 2.24 bits per heavy atom. The fourth-order valence-electron chi connectivity index (χ4n) is 1.45. The van der Waals surface area contributed by atoms with Crippen molar-refractivity contribution in [2.75, 3.05) is 0 Å². The molecule has 0 unspecified atom stereocenters. The lowest BCUT2D eigenvalue weighted by Gasteiger charge is -2.06. The third kappa shape index (κ3) is 2.71. The van der Waals surface area contributed by atoms with Gasteiger partial charge in [0, 0.05) is 11.1 Å². The molecule has 0 bridgehead atoms. The first kappa shape index (κ1) is 11.8. The van der Waals surface area contributed by atoms with Gasteiger partial charge in [-0.2, -0.15) is 4.39 Å². The highest BCUT2D eigenvalue weighted by molar-refractivity contribution is 7.15. The Morgan fingerprint density at radius 3 is 2.88 bits per heavy atom. The van der Waals surface area contributed by atoms with Crippen LogP contribution in [0.15, 0.2) is 43.1 Å². The molecule has 0 radical (unpaired) electrons. The molecule has 0 aliphatic carbocycles. The highest BCUT2D eigenvalue weighted by atomic mass is 32.1. The van der Waals surface area contributed by atoms with Crippen molar-refractivity contribution in [2.45, 2.75) is 13.3 Å². The number of thiazole rings is 1. The van der Waals surface area contributed by atoms with E-state index in [1.165, 1.54) is 4.88 Å². The minimum absolute atomic E-state index is 0.442. The highest BCUT2D eigenvalue weighted by Crippen LogP contribution is 2.33. The van der Waals surface area contributed by atoms with Gasteiger partial charge in [0.05, 0.1) is 5.56 Å². The molecule has 0 aliphatic rings. The van der Waals surface area contributed by atoms with Gasteiger partial charge in [-0.1, -0.05) is 19.1 Å². The van der Waals surface area contributed by atoms with Crippen LogP contribution in [0, 0.1) is 0 Å². The number of hydrogen-bond acceptors (Lipinski definition) is 3. The average molecular weight is 249 g/mol. The SMILES string of the molecule is C=C(F)Oc1ccccc1-c1ncc(CC)s1. The molecule has 0 fully saturated rings. The lowest BCUT2D eigenvalue weighted by atomic mass is 10.2. The summed E-state index contributed by atoms with van der Waals surface area (Å²) in [4.78, 5) is 5.50. The Hall–Kier alpha value is -1.68. The van der Waals surface area contributed by atoms with Crippen molar-refractivity contribution in [1.82, 2.24) is 4.98 Å². The summed E-state index contributed by atoms with van der Waals surface area (Å²) >= 11 is 1.58. The number of rotatable bonds is 4. The molecule has 0 saturated heterocycles. The van der Waals surface area contributed by atoms with Gasteiger partial charge in [0.1, 0.15) is 10.8 Å². The van der Waals surface area contributed by atoms with Crippen molar-refractivity contribution in [3.05, 3.63) is 47.9 Å². The minimum atomic E-state index is -0.815. The summed E-state index contributed by atoms with van der Waals surface area (Å²) in [6.45, 7) is 5.17. The van der Waals surface area contributed by atoms with E-state index in [2.05, 4.69) is 18.5 Å². The summed E-state index contributed by atoms with van der Waals surface area (Å²) in [6, 6.07) is 6.40. The molecule has 0 atom stereocenters. The second-order valence-corrected chi connectivity index (χ2v) is 4.55. The van der Waals surface area contributed by atoms with Gasteiger partial charge in [-0.25, -0.2) is 4.98 Å². The first-order valence-electron chi connectivity index (χ1n) is 5.27. The monoisotopic (exact) mass is 249 g/mol. The number of benzene rings is 1. The van der Waals surface area contributed by atoms with Crippen LogP contribution in [-0.2, 0) is 6.42 Å². The molecule has 1 aromatic carbocycles. The van der Waals surface area contributed by atoms with E-state index in [0.717, 1.165) is 17.0 Å². The van der Waals surface area contributed by atoms with E-state index in [9.17, 15) is 4.39 Å². The number of hydrogen-bond donors (Lipinski definition) is 0. The summed E-state index contributed by atoms with van der Waals surface area (Å²) in [5.41, 5.74) is 0.788. The van der Waals surface area contributed by atoms with Crippen LogP contribution in [0.25, 0.3) is 10.6 Å². The van der Waals surface area contributed by atoms with Crippen molar-refractivity contribution >= 4 is 11.3 Å². The number of aryl methyl sites for hydroxylation is 1. The third-order valence-electron chi connectivity index (χ3n) is 2.24. The van der Waals surface area contributed by atoms with E-state index in [4.69, 9.17) is 4.74 Å². The maximum Gasteiger partial charge on any atom is 0.270 e. The Bertz CT molecular complexity index is 536. The van der Waals surface area contributed by atoms with Gasteiger partial charge in [0.2, 0.25) is 0 Å². The van der Waals surface area contributed by atoms with Crippen LogP contribution < -0.4 is 4.74 Å². The Morgan fingerprint density at radius 1 is 1.47 bits per heavy atom. The molecule has 17 heavy (non-hydrogen) atoms. The van der Waals surface area contributed by atoms with E-state index < -0.39 is 6.01 Å². The van der Waals surface area contributed by atoms with Crippen molar-refractivity contribution < 1.29 is 9.13 Å². The van der Waals surface area contributed by atoms with Crippen LogP contribution in [0.2, 0.25) is 0 Å².